The molecule has 0 amide bonds. The zero-order valence-electron chi connectivity index (χ0n) is 15.9. The second-order valence-corrected chi connectivity index (χ2v) is 12.4. The van der Waals surface area contributed by atoms with Crippen molar-refractivity contribution in [3.8, 4) is 22.9 Å². The molecule has 0 aliphatic heterocycles. The van der Waals surface area contributed by atoms with Crippen molar-refractivity contribution in [2.24, 2.45) is 0 Å². The first-order valence-electron chi connectivity index (χ1n) is 9.17. The minimum atomic E-state index is -1.41. The molecule has 0 spiro atoms. The Morgan fingerprint density at radius 3 is 2.46 bits per heavy atom. The van der Waals surface area contributed by atoms with Crippen molar-refractivity contribution in [1.29, 1.82) is 0 Å². The molecule has 26 heavy (non-hydrogen) atoms. The first-order valence-corrected chi connectivity index (χ1v) is 12.7. The van der Waals surface area contributed by atoms with E-state index in [2.05, 4.69) is 60.8 Å². The fourth-order valence-electron chi connectivity index (χ4n) is 2.83. The van der Waals surface area contributed by atoms with E-state index >= 15 is 0 Å². The Labute approximate surface area is 156 Å². The maximum atomic E-state index is 13.3. The molecule has 0 aliphatic rings. The summed E-state index contributed by atoms with van der Waals surface area (Å²) in [4.78, 5) is 4.85. The van der Waals surface area contributed by atoms with Gasteiger partial charge in [-0.05, 0) is 48.9 Å². The smallest absolute Gasteiger partial charge is 0.141 e. The van der Waals surface area contributed by atoms with Crippen LogP contribution >= 0.6 is 0 Å². The summed E-state index contributed by atoms with van der Waals surface area (Å²) in [6.07, 6.45) is 2.19. The van der Waals surface area contributed by atoms with Crippen LogP contribution in [0.1, 0.15) is 25.3 Å². The number of nitrogens with zero attached hydrogens (tertiary/aromatic N) is 2. The van der Waals surface area contributed by atoms with Crippen molar-refractivity contribution in [2.45, 2.75) is 46.0 Å². The van der Waals surface area contributed by atoms with E-state index in [9.17, 15) is 4.39 Å². The zero-order chi connectivity index (χ0) is 18.7. The van der Waals surface area contributed by atoms with Crippen LogP contribution in [0.25, 0.3) is 22.4 Å². The van der Waals surface area contributed by atoms with Gasteiger partial charge in [0.2, 0.25) is 0 Å². The maximum Gasteiger partial charge on any atom is 0.141 e. The second kappa shape index (κ2) is 7.47. The van der Waals surface area contributed by atoms with Gasteiger partial charge in [-0.1, -0.05) is 38.9 Å². The van der Waals surface area contributed by atoms with Gasteiger partial charge in [0.25, 0.3) is 0 Å². The Bertz CT molecular complexity index is 970. The third kappa shape index (κ3) is 4.23. The Balaban J connectivity index is 2.10. The summed E-state index contributed by atoms with van der Waals surface area (Å²) in [7, 11) is -1.41. The number of hydrogen-bond donors (Lipinski definition) is 0. The largest absolute Gasteiger partial charge is 0.324 e. The summed E-state index contributed by atoms with van der Waals surface area (Å²) < 4.78 is 15.5. The SMILES string of the molecule is CCCCn1c(-c2ccc(F)cc2)nc2cc(C#C[Si](C)(C)C)ccc21. The molecule has 0 atom stereocenters. The summed E-state index contributed by atoms with van der Waals surface area (Å²) in [5.41, 5.74) is 7.41. The summed E-state index contributed by atoms with van der Waals surface area (Å²) in [5, 5.41) is 0. The number of aryl methyl sites for hydroxylation is 1. The molecule has 0 saturated carbocycles. The number of benzene rings is 2. The summed E-state index contributed by atoms with van der Waals surface area (Å²) in [5.74, 6) is 3.97. The van der Waals surface area contributed by atoms with E-state index in [4.69, 9.17) is 4.98 Å². The molecule has 3 aromatic rings. The fourth-order valence-corrected chi connectivity index (χ4v) is 3.35. The van der Waals surface area contributed by atoms with Crippen LogP contribution in [0, 0.1) is 17.3 Å². The molecule has 0 unspecified atom stereocenters. The molecule has 1 heterocycles. The molecule has 0 radical (unpaired) electrons. The van der Waals surface area contributed by atoms with Crippen LogP contribution < -0.4 is 0 Å². The molecule has 2 nitrogen and oxygen atoms in total. The van der Waals surface area contributed by atoms with Crippen LogP contribution in [0.2, 0.25) is 19.6 Å². The Morgan fingerprint density at radius 2 is 1.81 bits per heavy atom. The zero-order valence-corrected chi connectivity index (χ0v) is 16.9. The Morgan fingerprint density at radius 1 is 1.08 bits per heavy atom. The van der Waals surface area contributed by atoms with Gasteiger partial charge >= 0.3 is 0 Å². The summed E-state index contributed by atoms with van der Waals surface area (Å²) >= 11 is 0. The highest BCUT2D eigenvalue weighted by Crippen LogP contribution is 2.26. The highest BCUT2D eigenvalue weighted by molar-refractivity contribution is 6.83. The molecule has 0 bridgehead atoms. The Kier molecular flexibility index (Phi) is 5.29. The van der Waals surface area contributed by atoms with Crippen LogP contribution in [0.15, 0.2) is 42.5 Å². The quantitative estimate of drug-likeness (QED) is 0.418. The van der Waals surface area contributed by atoms with Gasteiger partial charge in [-0.2, -0.15) is 0 Å². The molecule has 2 aromatic carbocycles. The van der Waals surface area contributed by atoms with Crippen molar-refractivity contribution < 1.29 is 4.39 Å². The van der Waals surface area contributed by atoms with Crippen LogP contribution in [0.3, 0.4) is 0 Å². The lowest BCUT2D eigenvalue weighted by atomic mass is 10.2. The monoisotopic (exact) mass is 364 g/mol. The molecule has 1 aromatic heterocycles. The number of aromatic nitrogens is 2. The van der Waals surface area contributed by atoms with Gasteiger partial charge in [-0.25, -0.2) is 9.37 Å². The van der Waals surface area contributed by atoms with Crippen molar-refractivity contribution in [2.75, 3.05) is 0 Å². The average molecular weight is 365 g/mol. The fraction of sp³-hybridized carbons (Fsp3) is 0.318. The van der Waals surface area contributed by atoms with E-state index < -0.39 is 8.07 Å². The van der Waals surface area contributed by atoms with Gasteiger partial charge in [-0.3, -0.25) is 0 Å². The normalized spacial score (nSPS) is 11.4. The van der Waals surface area contributed by atoms with Crippen LogP contribution in [-0.2, 0) is 6.54 Å². The standard InChI is InChI=1S/C22H25FN2Si/c1-5-6-14-25-21-12-7-17(13-15-26(2,3)4)16-20(21)24-22(25)18-8-10-19(23)11-9-18/h7-12,16H,5-6,14H2,1-4H3. The van der Waals surface area contributed by atoms with Crippen LogP contribution in [0.4, 0.5) is 4.39 Å². The number of fused-ring (bicyclic) bond motifs is 1. The molecule has 4 heteroatoms. The predicted molar refractivity (Wildman–Crippen MR) is 110 cm³/mol. The topological polar surface area (TPSA) is 17.8 Å². The van der Waals surface area contributed by atoms with E-state index in [-0.39, 0.29) is 5.82 Å². The number of rotatable bonds is 4. The molecule has 3 rings (SSSR count). The van der Waals surface area contributed by atoms with E-state index in [1.54, 1.807) is 12.1 Å². The van der Waals surface area contributed by atoms with Crippen LogP contribution in [0.5, 0.6) is 0 Å². The lowest BCUT2D eigenvalue weighted by Crippen LogP contribution is -2.16. The second-order valence-electron chi connectivity index (χ2n) is 7.65. The molecule has 0 saturated heterocycles. The van der Waals surface area contributed by atoms with Crippen molar-refractivity contribution >= 4 is 19.1 Å². The van der Waals surface area contributed by atoms with Crippen molar-refractivity contribution in [1.82, 2.24) is 9.55 Å². The van der Waals surface area contributed by atoms with Gasteiger partial charge in [0.1, 0.15) is 19.7 Å². The van der Waals surface area contributed by atoms with Gasteiger partial charge in [0.15, 0.2) is 0 Å². The van der Waals surface area contributed by atoms with E-state index in [0.717, 1.165) is 47.4 Å². The van der Waals surface area contributed by atoms with E-state index in [0.29, 0.717) is 0 Å². The van der Waals surface area contributed by atoms with Gasteiger partial charge in [0, 0.05) is 17.7 Å². The summed E-state index contributed by atoms with van der Waals surface area (Å²) in [6, 6.07) is 12.8. The minimum Gasteiger partial charge on any atom is -0.324 e. The van der Waals surface area contributed by atoms with Crippen LogP contribution in [-0.4, -0.2) is 17.6 Å². The third-order valence-corrected chi connectivity index (χ3v) is 5.04. The van der Waals surface area contributed by atoms with Crippen molar-refractivity contribution in [3.63, 3.8) is 0 Å². The third-order valence-electron chi connectivity index (χ3n) is 4.17. The Hall–Kier alpha value is -2.38. The molecule has 0 fully saturated rings. The van der Waals surface area contributed by atoms with Crippen molar-refractivity contribution in [3.05, 3.63) is 53.8 Å². The van der Waals surface area contributed by atoms with Gasteiger partial charge in [-0.15, -0.1) is 5.54 Å². The number of imidazole rings is 1. The number of halogens is 1. The molecular formula is C22H25FN2Si. The molecular weight excluding hydrogens is 339 g/mol. The minimum absolute atomic E-state index is 0.228. The van der Waals surface area contributed by atoms with Gasteiger partial charge in [0.05, 0.1) is 11.0 Å². The number of unbranched alkanes of at least 4 members (excludes halogenated alkanes) is 1. The van der Waals surface area contributed by atoms with E-state index in [1.165, 1.54) is 12.1 Å². The number of hydrogen-bond acceptors (Lipinski definition) is 1. The maximum absolute atomic E-state index is 13.3. The lowest BCUT2D eigenvalue weighted by Gasteiger charge is -2.08. The molecule has 0 N–H and O–H groups in total. The highest BCUT2D eigenvalue weighted by atomic mass is 28.3. The lowest BCUT2D eigenvalue weighted by molar-refractivity contribution is 0.627. The highest BCUT2D eigenvalue weighted by Gasteiger charge is 2.13. The van der Waals surface area contributed by atoms with E-state index in [1.807, 2.05) is 0 Å². The molecule has 134 valence electrons. The van der Waals surface area contributed by atoms with Gasteiger partial charge < -0.3 is 4.57 Å². The predicted octanol–water partition coefficient (Wildman–Crippen LogP) is 5.87. The average Bonchev–Trinajstić information content (AvgIpc) is 2.96. The summed E-state index contributed by atoms with van der Waals surface area (Å²) in [6.45, 7) is 9.81. The first kappa shape index (κ1) is 18.4. The molecule has 0 aliphatic carbocycles. The first-order chi connectivity index (χ1) is 12.4.